The van der Waals surface area contributed by atoms with Gasteiger partial charge in [-0.2, -0.15) is 0 Å². The topological polar surface area (TPSA) is 80.5 Å². The predicted molar refractivity (Wildman–Crippen MR) is 73.3 cm³/mol. The first-order chi connectivity index (χ1) is 9.16. The van der Waals surface area contributed by atoms with Gasteiger partial charge in [-0.05, 0) is 12.1 Å². The molecule has 2 heterocycles. The molecule has 0 aliphatic carbocycles. The van der Waals surface area contributed by atoms with E-state index in [0.29, 0.717) is 11.6 Å². The van der Waals surface area contributed by atoms with Gasteiger partial charge in [0.1, 0.15) is 11.5 Å². The summed E-state index contributed by atoms with van der Waals surface area (Å²) in [4.78, 5) is 18.1. The second-order valence-corrected chi connectivity index (χ2v) is 4.68. The van der Waals surface area contributed by atoms with E-state index in [1.165, 1.54) is 0 Å². The number of nitrogen functional groups attached to an aromatic ring is 1. The van der Waals surface area contributed by atoms with E-state index in [1.54, 1.807) is 12.1 Å². The molecular formula is C12H17ClN4O2. The molecule has 1 aromatic heterocycles. The first kappa shape index (κ1) is 14.0. The van der Waals surface area contributed by atoms with E-state index in [1.807, 2.05) is 0 Å². The Labute approximate surface area is 116 Å². The minimum Gasteiger partial charge on any atom is -0.384 e. The third-order valence-corrected chi connectivity index (χ3v) is 3.20. The number of nitrogens with two attached hydrogens (primary N) is 1. The van der Waals surface area contributed by atoms with Gasteiger partial charge < -0.3 is 15.8 Å². The van der Waals surface area contributed by atoms with Crippen LogP contribution in [0.4, 0.5) is 5.82 Å². The van der Waals surface area contributed by atoms with Crippen LogP contribution in [0.1, 0.15) is 10.5 Å². The molecule has 0 radical (unpaired) electrons. The van der Waals surface area contributed by atoms with E-state index < -0.39 is 0 Å². The quantitative estimate of drug-likeness (QED) is 0.835. The molecule has 1 aromatic rings. The monoisotopic (exact) mass is 284 g/mol. The summed E-state index contributed by atoms with van der Waals surface area (Å²) >= 11 is 5.91. The van der Waals surface area contributed by atoms with Gasteiger partial charge >= 0.3 is 0 Å². The Morgan fingerprint density at radius 1 is 1.47 bits per heavy atom. The largest absolute Gasteiger partial charge is 0.384 e. The van der Waals surface area contributed by atoms with Gasteiger partial charge in [0, 0.05) is 26.2 Å². The maximum Gasteiger partial charge on any atom is 0.271 e. The molecule has 104 valence electrons. The fourth-order valence-electron chi connectivity index (χ4n) is 1.85. The number of carbonyl (C=O) groups is 1. The second-order valence-electron chi connectivity index (χ2n) is 4.28. The molecule has 1 amide bonds. The molecule has 0 saturated carbocycles. The third kappa shape index (κ3) is 4.05. The first-order valence-electron chi connectivity index (χ1n) is 6.17. The Morgan fingerprint density at radius 3 is 2.95 bits per heavy atom. The minimum atomic E-state index is -0.300. The summed E-state index contributed by atoms with van der Waals surface area (Å²) in [5.41, 5.74) is 5.71. The number of hydrogen-bond acceptors (Lipinski definition) is 5. The Kier molecular flexibility index (Phi) is 4.95. The van der Waals surface area contributed by atoms with Gasteiger partial charge in [0.25, 0.3) is 5.91 Å². The molecule has 0 atom stereocenters. The molecule has 1 aliphatic heterocycles. The van der Waals surface area contributed by atoms with Gasteiger partial charge in [-0.15, -0.1) is 0 Å². The lowest BCUT2D eigenvalue weighted by Crippen LogP contribution is -2.41. The van der Waals surface area contributed by atoms with E-state index in [9.17, 15) is 4.79 Å². The van der Waals surface area contributed by atoms with Crippen molar-refractivity contribution in [1.29, 1.82) is 0 Å². The third-order valence-electron chi connectivity index (χ3n) is 2.90. The highest BCUT2D eigenvalue weighted by Crippen LogP contribution is 2.14. The van der Waals surface area contributed by atoms with Gasteiger partial charge in [0.05, 0.1) is 18.2 Å². The zero-order valence-corrected chi connectivity index (χ0v) is 11.3. The molecule has 7 heteroatoms. The van der Waals surface area contributed by atoms with Crippen LogP contribution in [-0.2, 0) is 4.74 Å². The van der Waals surface area contributed by atoms with Crippen molar-refractivity contribution in [2.45, 2.75) is 0 Å². The molecule has 19 heavy (non-hydrogen) atoms. The lowest BCUT2D eigenvalue weighted by molar-refractivity contribution is 0.0383. The van der Waals surface area contributed by atoms with E-state index in [-0.39, 0.29) is 17.4 Å². The maximum absolute atomic E-state index is 11.9. The summed E-state index contributed by atoms with van der Waals surface area (Å²) in [6.07, 6.45) is 0. The van der Waals surface area contributed by atoms with Crippen molar-refractivity contribution in [3.8, 4) is 0 Å². The van der Waals surface area contributed by atoms with E-state index >= 15 is 0 Å². The smallest absolute Gasteiger partial charge is 0.271 e. The molecule has 0 bridgehead atoms. The number of nitrogens with one attached hydrogen (secondary N) is 1. The maximum atomic E-state index is 11.9. The number of anilines is 1. The summed E-state index contributed by atoms with van der Waals surface area (Å²) in [5, 5.41) is 3.09. The van der Waals surface area contributed by atoms with Crippen LogP contribution in [-0.4, -0.2) is 55.2 Å². The SMILES string of the molecule is Nc1ccc(Cl)c(C(=O)NCCN2CCOCC2)n1. The molecule has 1 aliphatic rings. The molecule has 0 spiro atoms. The highest BCUT2D eigenvalue weighted by Gasteiger charge is 2.14. The Bertz CT molecular complexity index is 449. The van der Waals surface area contributed by atoms with Crippen molar-refractivity contribution in [2.75, 3.05) is 45.1 Å². The van der Waals surface area contributed by atoms with Crippen LogP contribution in [0.25, 0.3) is 0 Å². The van der Waals surface area contributed by atoms with E-state index in [2.05, 4.69) is 15.2 Å². The van der Waals surface area contributed by atoms with Crippen molar-refractivity contribution in [1.82, 2.24) is 15.2 Å². The van der Waals surface area contributed by atoms with Crippen molar-refractivity contribution in [3.05, 3.63) is 22.8 Å². The highest BCUT2D eigenvalue weighted by molar-refractivity contribution is 6.33. The first-order valence-corrected chi connectivity index (χ1v) is 6.55. The Morgan fingerprint density at radius 2 is 2.21 bits per heavy atom. The van der Waals surface area contributed by atoms with Crippen LogP contribution < -0.4 is 11.1 Å². The fraction of sp³-hybridized carbons (Fsp3) is 0.500. The normalized spacial score (nSPS) is 16.3. The van der Waals surface area contributed by atoms with Crippen LogP contribution in [0.15, 0.2) is 12.1 Å². The number of nitrogens with zero attached hydrogens (tertiary/aromatic N) is 2. The number of aromatic nitrogens is 1. The summed E-state index contributed by atoms with van der Waals surface area (Å²) in [6, 6.07) is 3.13. The number of rotatable bonds is 4. The zero-order valence-electron chi connectivity index (χ0n) is 10.6. The van der Waals surface area contributed by atoms with Gasteiger partial charge in [-0.3, -0.25) is 9.69 Å². The van der Waals surface area contributed by atoms with Crippen LogP contribution in [0, 0.1) is 0 Å². The summed E-state index contributed by atoms with van der Waals surface area (Å²) in [5.74, 6) is -0.0201. The Hall–Kier alpha value is -1.37. The predicted octanol–water partition coefficient (Wildman–Crippen LogP) is 0.379. The Balaban J connectivity index is 1.82. The second kappa shape index (κ2) is 6.70. The highest BCUT2D eigenvalue weighted by atomic mass is 35.5. The van der Waals surface area contributed by atoms with Crippen molar-refractivity contribution < 1.29 is 9.53 Å². The fourth-order valence-corrected chi connectivity index (χ4v) is 2.04. The molecule has 0 aromatic carbocycles. The molecule has 3 N–H and O–H groups in total. The zero-order chi connectivity index (χ0) is 13.7. The molecule has 6 nitrogen and oxygen atoms in total. The van der Waals surface area contributed by atoms with Crippen molar-refractivity contribution in [3.63, 3.8) is 0 Å². The van der Waals surface area contributed by atoms with Crippen molar-refractivity contribution in [2.24, 2.45) is 0 Å². The van der Waals surface area contributed by atoms with Gasteiger partial charge in [0.15, 0.2) is 0 Å². The summed E-state index contributed by atoms with van der Waals surface area (Å²) < 4.78 is 5.26. The number of halogens is 1. The number of amides is 1. The lowest BCUT2D eigenvalue weighted by Gasteiger charge is -2.26. The van der Waals surface area contributed by atoms with Crippen LogP contribution in [0.3, 0.4) is 0 Å². The number of hydrogen-bond donors (Lipinski definition) is 2. The van der Waals surface area contributed by atoms with Crippen LogP contribution in [0.2, 0.25) is 5.02 Å². The van der Waals surface area contributed by atoms with Crippen LogP contribution >= 0.6 is 11.6 Å². The summed E-state index contributed by atoms with van der Waals surface area (Å²) in [6.45, 7) is 4.62. The van der Waals surface area contributed by atoms with Crippen molar-refractivity contribution >= 4 is 23.3 Å². The number of pyridine rings is 1. The molecule has 1 fully saturated rings. The van der Waals surface area contributed by atoms with Gasteiger partial charge in [0.2, 0.25) is 0 Å². The number of ether oxygens (including phenoxy) is 1. The molecular weight excluding hydrogens is 268 g/mol. The molecule has 2 rings (SSSR count). The standard InChI is InChI=1S/C12H17ClN4O2/c13-9-1-2-10(14)16-11(9)12(18)15-3-4-17-5-7-19-8-6-17/h1-2H,3-8H2,(H2,14,16)(H,15,18). The van der Waals surface area contributed by atoms with E-state index in [0.717, 1.165) is 32.8 Å². The molecule has 1 saturated heterocycles. The van der Waals surface area contributed by atoms with Crippen LogP contribution in [0.5, 0.6) is 0 Å². The van der Waals surface area contributed by atoms with E-state index in [4.69, 9.17) is 22.1 Å². The van der Waals surface area contributed by atoms with Gasteiger partial charge in [-0.1, -0.05) is 11.6 Å². The molecule has 0 unspecified atom stereocenters. The number of morpholine rings is 1. The lowest BCUT2D eigenvalue weighted by atomic mass is 10.3. The van der Waals surface area contributed by atoms with Gasteiger partial charge in [-0.25, -0.2) is 4.98 Å². The summed E-state index contributed by atoms with van der Waals surface area (Å²) in [7, 11) is 0. The average Bonchev–Trinajstić information content (AvgIpc) is 2.42. The average molecular weight is 285 g/mol. The minimum absolute atomic E-state index is 0.170. The number of carbonyl (C=O) groups excluding carboxylic acids is 1.